The summed E-state index contributed by atoms with van der Waals surface area (Å²) in [6, 6.07) is 34.3. The van der Waals surface area contributed by atoms with Gasteiger partial charge in [-0.15, -0.1) is 0 Å². The zero-order valence-corrected chi connectivity index (χ0v) is 32.2. The Morgan fingerprint density at radius 2 is 1.60 bits per heavy atom. The molecular formula is C45H43N9O3. The second-order valence-electron chi connectivity index (χ2n) is 14.5. The lowest BCUT2D eigenvalue weighted by molar-refractivity contribution is -0.121. The van der Waals surface area contributed by atoms with Gasteiger partial charge in [-0.1, -0.05) is 78.9 Å². The van der Waals surface area contributed by atoms with E-state index < -0.39 is 6.04 Å². The SMILES string of the molecule is Cc1ccc(Nc2ncc3c(n2)N(C)C(=O)N(c2cc(NCC(=O)c4ccc5c(c4)NC(=O)[C@@H](Cc4ccccc4)N(C)C5c4ccccc4)ccc2C)C3)cn1. The van der Waals surface area contributed by atoms with Crippen LogP contribution in [0.15, 0.2) is 122 Å². The fourth-order valence-electron chi connectivity index (χ4n) is 7.52. The first-order valence-electron chi connectivity index (χ1n) is 18.9. The number of ketones is 1. The van der Waals surface area contributed by atoms with Crippen LogP contribution in [0.5, 0.6) is 0 Å². The highest BCUT2D eigenvalue weighted by Crippen LogP contribution is 2.38. The predicted octanol–water partition coefficient (Wildman–Crippen LogP) is 7.69. The maximum absolute atomic E-state index is 13.9. The number of hydrogen-bond acceptors (Lipinski definition) is 9. The molecule has 0 bridgehead atoms. The number of fused-ring (bicyclic) bond motifs is 2. The zero-order valence-electron chi connectivity index (χ0n) is 32.2. The third-order valence-electron chi connectivity index (χ3n) is 10.6. The normalized spacial score (nSPS) is 16.6. The molecule has 0 saturated heterocycles. The standard InChI is InChI=1S/C45H43N9O3/c1-28-15-18-34(23-38(28)54-27-33-24-48-44(51-42(33)53(4)45(54)57)49-35-19-16-29(2)46-25-35)47-26-40(55)32-17-20-36-37(22-32)50-43(56)39(21-30-11-7-5-8-12-30)52(3)41(36)31-13-9-6-10-14-31/h5-20,22-25,39,41,47H,21,26-27H2,1-4H3,(H,50,56)(H,48,49,51)/t39-,41?/m1/s1. The van der Waals surface area contributed by atoms with Gasteiger partial charge in [0.1, 0.15) is 5.82 Å². The highest BCUT2D eigenvalue weighted by molar-refractivity contribution is 6.06. The molecule has 2 aliphatic rings. The summed E-state index contributed by atoms with van der Waals surface area (Å²) in [5.74, 6) is 0.623. The van der Waals surface area contributed by atoms with E-state index in [1.165, 1.54) is 4.90 Å². The summed E-state index contributed by atoms with van der Waals surface area (Å²) < 4.78 is 0. The van der Waals surface area contributed by atoms with Gasteiger partial charge in [0.05, 0.1) is 42.7 Å². The predicted molar refractivity (Wildman–Crippen MR) is 223 cm³/mol. The molecule has 0 radical (unpaired) electrons. The molecule has 0 fully saturated rings. The van der Waals surface area contributed by atoms with E-state index in [-0.39, 0.29) is 36.9 Å². The van der Waals surface area contributed by atoms with Crippen molar-refractivity contribution in [2.24, 2.45) is 0 Å². The Morgan fingerprint density at radius 1 is 0.842 bits per heavy atom. The van der Waals surface area contributed by atoms with Gasteiger partial charge in [-0.25, -0.2) is 9.78 Å². The summed E-state index contributed by atoms with van der Waals surface area (Å²) in [7, 11) is 3.68. The van der Waals surface area contributed by atoms with Crippen LogP contribution in [-0.2, 0) is 17.8 Å². The van der Waals surface area contributed by atoms with Gasteiger partial charge in [0.15, 0.2) is 5.78 Å². The molecule has 0 spiro atoms. The Balaban J connectivity index is 0.993. The number of amides is 3. The number of aromatic nitrogens is 3. The first kappa shape index (κ1) is 37.0. The van der Waals surface area contributed by atoms with E-state index in [0.717, 1.165) is 39.2 Å². The molecule has 12 nitrogen and oxygen atoms in total. The Morgan fingerprint density at radius 3 is 2.35 bits per heavy atom. The molecule has 3 amide bonds. The maximum Gasteiger partial charge on any atom is 0.330 e. The minimum atomic E-state index is -0.439. The minimum absolute atomic E-state index is 0.00465. The molecule has 2 atom stereocenters. The molecule has 286 valence electrons. The summed E-state index contributed by atoms with van der Waals surface area (Å²) in [5.41, 5.74) is 8.86. The number of carbonyl (C=O) groups is 3. The molecule has 4 aromatic carbocycles. The van der Waals surface area contributed by atoms with Crippen molar-refractivity contribution >= 4 is 52.2 Å². The monoisotopic (exact) mass is 757 g/mol. The van der Waals surface area contributed by atoms with Crippen molar-refractivity contribution in [3.8, 4) is 0 Å². The van der Waals surface area contributed by atoms with Crippen LogP contribution in [0.3, 0.4) is 0 Å². The fraction of sp³-hybridized carbons (Fsp3) is 0.200. The van der Waals surface area contributed by atoms with E-state index in [0.29, 0.717) is 40.8 Å². The first-order chi connectivity index (χ1) is 27.6. The number of Topliss-reactive ketones (excluding diaryl/α,β-unsaturated/α-hetero) is 1. The summed E-state index contributed by atoms with van der Waals surface area (Å²) in [6.07, 6.45) is 3.98. The topological polar surface area (TPSA) is 136 Å². The smallest absolute Gasteiger partial charge is 0.330 e. The van der Waals surface area contributed by atoms with Crippen LogP contribution in [0.4, 0.5) is 39.3 Å². The highest BCUT2D eigenvalue weighted by Gasteiger charge is 2.36. The Bertz CT molecular complexity index is 2460. The van der Waals surface area contributed by atoms with E-state index in [9.17, 15) is 14.4 Å². The Kier molecular flexibility index (Phi) is 10.2. The number of nitrogens with zero attached hydrogens (tertiary/aromatic N) is 6. The molecule has 8 rings (SSSR count). The van der Waals surface area contributed by atoms with Crippen LogP contribution in [0.2, 0.25) is 0 Å². The molecule has 12 heteroatoms. The maximum atomic E-state index is 13.9. The summed E-state index contributed by atoms with van der Waals surface area (Å²) >= 11 is 0. The Labute approximate surface area is 331 Å². The minimum Gasteiger partial charge on any atom is -0.378 e. The van der Waals surface area contributed by atoms with Crippen molar-refractivity contribution in [1.29, 1.82) is 0 Å². The van der Waals surface area contributed by atoms with Crippen molar-refractivity contribution in [3.05, 3.63) is 161 Å². The van der Waals surface area contributed by atoms with Crippen molar-refractivity contribution in [2.75, 3.05) is 46.4 Å². The van der Waals surface area contributed by atoms with Gasteiger partial charge < -0.3 is 16.0 Å². The molecule has 3 N–H and O–H groups in total. The van der Waals surface area contributed by atoms with Crippen LogP contribution in [0.25, 0.3) is 0 Å². The van der Waals surface area contributed by atoms with Gasteiger partial charge in [-0.05, 0) is 79.9 Å². The van der Waals surface area contributed by atoms with Gasteiger partial charge in [0, 0.05) is 41.4 Å². The largest absolute Gasteiger partial charge is 0.378 e. The van der Waals surface area contributed by atoms with Gasteiger partial charge in [0.2, 0.25) is 11.9 Å². The lowest BCUT2D eigenvalue weighted by Gasteiger charge is -2.35. The highest BCUT2D eigenvalue weighted by atomic mass is 16.2. The van der Waals surface area contributed by atoms with Crippen molar-refractivity contribution in [3.63, 3.8) is 0 Å². The number of hydrogen-bond donors (Lipinski definition) is 3. The number of aryl methyl sites for hydroxylation is 2. The van der Waals surface area contributed by atoms with Crippen molar-refractivity contribution in [1.82, 2.24) is 19.9 Å². The van der Waals surface area contributed by atoms with E-state index >= 15 is 0 Å². The average molecular weight is 758 g/mol. The van der Waals surface area contributed by atoms with Crippen LogP contribution in [0, 0.1) is 13.8 Å². The number of carbonyl (C=O) groups excluding carboxylic acids is 3. The molecule has 0 saturated carbocycles. The molecule has 0 aliphatic carbocycles. The molecule has 6 aromatic rings. The zero-order chi connectivity index (χ0) is 39.6. The third kappa shape index (κ3) is 7.67. The first-order valence-corrected chi connectivity index (χ1v) is 18.9. The number of pyridine rings is 1. The third-order valence-corrected chi connectivity index (χ3v) is 10.6. The molecule has 2 aromatic heterocycles. The lowest BCUT2D eigenvalue weighted by atomic mass is 9.93. The van der Waals surface area contributed by atoms with Gasteiger partial charge in [-0.2, -0.15) is 4.98 Å². The molecule has 4 heterocycles. The molecule has 2 aliphatic heterocycles. The van der Waals surface area contributed by atoms with E-state index in [1.807, 2.05) is 112 Å². The lowest BCUT2D eigenvalue weighted by Crippen LogP contribution is -2.46. The van der Waals surface area contributed by atoms with Crippen molar-refractivity contribution < 1.29 is 14.4 Å². The average Bonchev–Trinajstić information content (AvgIpc) is 3.32. The van der Waals surface area contributed by atoms with Gasteiger partial charge >= 0.3 is 6.03 Å². The molecule has 57 heavy (non-hydrogen) atoms. The van der Waals surface area contributed by atoms with Gasteiger partial charge in [0.25, 0.3) is 0 Å². The summed E-state index contributed by atoms with van der Waals surface area (Å²) in [6.45, 7) is 4.14. The Hall–Kier alpha value is -6.92. The van der Waals surface area contributed by atoms with E-state index in [2.05, 4.69) is 47.9 Å². The van der Waals surface area contributed by atoms with Crippen LogP contribution >= 0.6 is 0 Å². The summed E-state index contributed by atoms with van der Waals surface area (Å²) in [5, 5.41) is 9.59. The molecular weight excluding hydrogens is 715 g/mol. The number of rotatable bonds is 10. The number of urea groups is 1. The molecule has 1 unspecified atom stereocenters. The quantitative estimate of drug-likeness (QED) is 0.120. The van der Waals surface area contributed by atoms with Crippen LogP contribution in [-0.4, -0.2) is 64.3 Å². The van der Waals surface area contributed by atoms with Gasteiger partial charge in [-0.3, -0.25) is 29.3 Å². The number of anilines is 6. The number of likely N-dealkylation sites (N-methyl/N-ethyl adjacent to an activating group) is 1. The number of benzene rings is 4. The van der Waals surface area contributed by atoms with Crippen LogP contribution < -0.4 is 25.8 Å². The van der Waals surface area contributed by atoms with E-state index in [1.54, 1.807) is 30.4 Å². The number of nitrogens with one attached hydrogen (secondary N) is 3. The second-order valence-corrected chi connectivity index (χ2v) is 14.5. The second kappa shape index (κ2) is 15.7. The van der Waals surface area contributed by atoms with Crippen molar-refractivity contribution in [2.45, 2.75) is 38.9 Å². The fourth-order valence-corrected chi connectivity index (χ4v) is 7.52. The van der Waals surface area contributed by atoms with E-state index in [4.69, 9.17) is 0 Å². The van der Waals surface area contributed by atoms with Crippen LogP contribution in [0.1, 0.15) is 49.9 Å². The summed E-state index contributed by atoms with van der Waals surface area (Å²) in [4.78, 5) is 60.2.